The lowest BCUT2D eigenvalue weighted by atomic mass is 10.1. The molecule has 2 aromatic carbocycles. The van der Waals surface area contributed by atoms with E-state index in [9.17, 15) is 8.42 Å². The Labute approximate surface area is 177 Å². The number of hydrogen-bond donors (Lipinski definition) is 1. The Bertz CT molecular complexity index is 1090. The van der Waals surface area contributed by atoms with Gasteiger partial charge in [-0.3, -0.25) is 4.68 Å². The summed E-state index contributed by atoms with van der Waals surface area (Å²) in [6, 6.07) is 17.4. The van der Waals surface area contributed by atoms with Gasteiger partial charge in [0, 0.05) is 18.3 Å². The summed E-state index contributed by atoms with van der Waals surface area (Å²) in [4.78, 5) is 0.242. The van der Waals surface area contributed by atoms with Crippen molar-refractivity contribution in [1.29, 1.82) is 0 Å². The zero-order valence-electron chi connectivity index (χ0n) is 17.1. The molecule has 1 aliphatic carbocycles. The Morgan fingerprint density at radius 3 is 2.60 bits per heavy atom. The third kappa shape index (κ3) is 4.57. The quantitative estimate of drug-likeness (QED) is 0.587. The van der Waals surface area contributed by atoms with E-state index in [0.717, 1.165) is 42.6 Å². The van der Waals surface area contributed by atoms with Crippen LogP contribution >= 0.6 is 0 Å². The average molecular weight is 426 g/mol. The van der Waals surface area contributed by atoms with Crippen LogP contribution in [0, 0.1) is 0 Å². The van der Waals surface area contributed by atoms with Gasteiger partial charge in [-0.2, -0.15) is 5.10 Å². The molecular formula is C23H27N3O3S. The highest BCUT2D eigenvalue weighted by molar-refractivity contribution is 7.89. The fourth-order valence-electron chi connectivity index (χ4n) is 3.96. The molecule has 158 valence electrons. The molecular weight excluding hydrogens is 398 g/mol. The highest BCUT2D eigenvalue weighted by Gasteiger charge is 2.26. The van der Waals surface area contributed by atoms with E-state index in [1.54, 1.807) is 13.3 Å². The first-order chi connectivity index (χ1) is 14.6. The number of sulfonamides is 1. The Morgan fingerprint density at radius 1 is 1.10 bits per heavy atom. The Balaban J connectivity index is 1.57. The largest absolute Gasteiger partial charge is 0.497 e. The van der Waals surface area contributed by atoms with Crippen LogP contribution in [0.25, 0.3) is 11.3 Å². The van der Waals surface area contributed by atoms with E-state index in [0.29, 0.717) is 18.7 Å². The molecule has 1 saturated carbocycles. The minimum Gasteiger partial charge on any atom is -0.497 e. The maximum atomic E-state index is 13.2. The Hall–Kier alpha value is -2.64. The van der Waals surface area contributed by atoms with Gasteiger partial charge in [0.15, 0.2) is 0 Å². The first kappa shape index (κ1) is 20.6. The molecule has 0 atom stereocenters. The second kappa shape index (κ2) is 9.02. The standard InChI is InChI=1S/C23H27N3O3S/c1-29-21-13-7-8-18(16-21)14-15-24-30(27,28)22-17-26(20-11-5-6-12-20)25-23(22)19-9-3-2-4-10-19/h2-4,7-10,13,16-17,20,24H,5-6,11-12,14-15H2,1H3. The third-order valence-electron chi connectivity index (χ3n) is 5.57. The summed E-state index contributed by atoms with van der Waals surface area (Å²) in [5, 5.41) is 4.70. The normalized spacial score (nSPS) is 14.8. The van der Waals surface area contributed by atoms with Crippen molar-refractivity contribution < 1.29 is 13.2 Å². The molecule has 0 bridgehead atoms. The van der Waals surface area contributed by atoms with Crippen molar-refractivity contribution in [2.75, 3.05) is 13.7 Å². The SMILES string of the molecule is COc1cccc(CCNS(=O)(=O)c2cn(C3CCCC3)nc2-c2ccccc2)c1. The number of aromatic nitrogens is 2. The molecule has 1 fully saturated rings. The zero-order valence-corrected chi connectivity index (χ0v) is 17.9. The van der Waals surface area contributed by atoms with Crippen molar-refractivity contribution in [3.05, 3.63) is 66.4 Å². The van der Waals surface area contributed by atoms with E-state index in [1.165, 1.54) is 0 Å². The van der Waals surface area contributed by atoms with Crippen molar-refractivity contribution in [3.8, 4) is 17.0 Å². The molecule has 0 radical (unpaired) electrons. The van der Waals surface area contributed by atoms with Crippen LogP contribution in [0.2, 0.25) is 0 Å². The van der Waals surface area contributed by atoms with Gasteiger partial charge >= 0.3 is 0 Å². The molecule has 1 aromatic heterocycles. The van der Waals surface area contributed by atoms with E-state index in [-0.39, 0.29) is 10.9 Å². The average Bonchev–Trinajstić information content (AvgIpc) is 3.45. The molecule has 0 unspecified atom stereocenters. The molecule has 6 nitrogen and oxygen atoms in total. The third-order valence-corrected chi connectivity index (χ3v) is 7.04. The van der Waals surface area contributed by atoms with Crippen LogP contribution in [0.1, 0.15) is 37.3 Å². The maximum absolute atomic E-state index is 13.2. The lowest BCUT2D eigenvalue weighted by Crippen LogP contribution is -2.26. The number of nitrogens with one attached hydrogen (secondary N) is 1. The molecule has 1 N–H and O–H groups in total. The topological polar surface area (TPSA) is 73.2 Å². The molecule has 1 aliphatic rings. The van der Waals surface area contributed by atoms with Crippen LogP contribution in [0.5, 0.6) is 5.75 Å². The fourth-order valence-corrected chi connectivity index (χ4v) is 5.15. The molecule has 4 rings (SSSR count). The van der Waals surface area contributed by atoms with Gasteiger partial charge in [-0.25, -0.2) is 13.1 Å². The van der Waals surface area contributed by atoms with E-state index >= 15 is 0 Å². The van der Waals surface area contributed by atoms with Gasteiger partial charge in [-0.15, -0.1) is 0 Å². The molecule has 3 aromatic rings. The minimum absolute atomic E-state index is 0.242. The van der Waals surface area contributed by atoms with E-state index < -0.39 is 10.0 Å². The van der Waals surface area contributed by atoms with Gasteiger partial charge in [0.2, 0.25) is 10.0 Å². The fraction of sp³-hybridized carbons (Fsp3) is 0.348. The van der Waals surface area contributed by atoms with Crippen molar-refractivity contribution in [2.45, 2.75) is 43.0 Å². The summed E-state index contributed by atoms with van der Waals surface area (Å²) in [7, 11) is -2.08. The number of ether oxygens (including phenoxy) is 1. The summed E-state index contributed by atoms with van der Waals surface area (Å²) in [6.45, 7) is 0.304. The predicted molar refractivity (Wildman–Crippen MR) is 117 cm³/mol. The highest BCUT2D eigenvalue weighted by atomic mass is 32.2. The first-order valence-corrected chi connectivity index (χ1v) is 11.8. The maximum Gasteiger partial charge on any atom is 0.244 e. The van der Waals surface area contributed by atoms with Crippen molar-refractivity contribution in [3.63, 3.8) is 0 Å². The molecule has 0 amide bonds. The van der Waals surface area contributed by atoms with Crippen LogP contribution in [0.3, 0.4) is 0 Å². The summed E-state index contributed by atoms with van der Waals surface area (Å²) in [5.41, 5.74) is 2.33. The lowest BCUT2D eigenvalue weighted by molar-refractivity contribution is 0.414. The van der Waals surface area contributed by atoms with Crippen molar-refractivity contribution in [1.82, 2.24) is 14.5 Å². The summed E-state index contributed by atoms with van der Waals surface area (Å²) in [5.74, 6) is 0.763. The highest BCUT2D eigenvalue weighted by Crippen LogP contribution is 2.33. The molecule has 0 saturated heterocycles. The second-order valence-corrected chi connectivity index (χ2v) is 9.36. The molecule has 7 heteroatoms. The molecule has 0 spiro atoms. The Morgan fingerprint density at radius 2 is 1.87 bits per heavy atom. The van der Waals surface area contributed by atoms with Gasteiger partial charge in [0.25, 0.3) is 0 Å². The number of methoxy groups -OCH3 is 1. The summed E-state index contributed by atoms with van der Waals surface area (Å²) < 4.78 is 36.2. The van der Waals surface area contributed by atoms with Crippen LogP contribution in [0.15, 0.2) is 65.7 Å². The van der Waals surface area contributed by atoms with E-state index in [1.807, 2.05) is 59.3 Å². The minimum atomic E-state index is -3.70. The van der Waals surface area contributed by atoms with Crippen LogP contribution in [-0.4, -0.2) is 31.9 Å². The van der Waals surface area contributed by atoms with Gasteiger partial charge in [-0.05, 0) is 37.0 Å². The lowest BCUT2D eigenvalue weighted by Gasteiger charge is -2.09. The number of benzene rings is 2. The van der Waals surface area contributed by atoms with Crippen molar-refractivity contribution in [2.24, 2.45) is 0 Å². The molecule has 0 aliphatic heterocycles. The number of hydrogen-bond acceptors (Lipinski definition) is 4. The molecule has 1 heterocycles. The first-order valence-electron chi connectivity index (χ1n) is 10.3. The monoisotopic (exact) mass is 425 g/mol. The Kier molecular flexibility index (Phi) is 6.20. The van der Waals surface area contributed by atoms with Crippen molar-refractivity contribution >= 4 is 10.0 Å². The van der Waals surface area contributed by atoms with Gasteiger partial charge in [-0.1, -0.05) is 55.3 Å². The van der Waals surface area contributed by atoms with Crippen LogP contribution in [-0.2, 0) is 16.4 Å². The number of nitrogens with zero attached hydrogens (tertiary/aromatic N) is 2. The molecule has 30 heavy (non-hydrogen) atoms. The second-order valence-electron chi connectivity index (χ2n) is 7.63. The van der Waals surface area contributed by atoms with Crippen LogP contribution < -0.4 is 9.46 Å². The zero-order chi connectivity index (χ0) is 21.0. The van der Waals surface area contributed by atoms with Gasteiger partial charge < -0.3 is 4.74 Å². The summed E-state index contributed by atoms with van der Waals surface area (Å²) >= 11 is 0. The van der Waals surface area contributed by atoms with Crippen LogP contribution in [0.4, 0.5) is 0 Å². The smallest absolute Gasteiger partial charge is 0.244 e. The number of rotatable bonds is 8. The van der Waals surface area contributed by atoms with Gasteiger partial charge in [0.1, 0.15) is 16.3 Å². The predicted octanol–water partition coefficient (Wildman–Crippen LogP) is 4.19. The van der Waals surface area contributed by atoms with Gasteiger partial charge in [0.05, 0.1) is 13.2 Å². The van der Waals surface area contributed by atoms with E-state index in [4.69, 9.17) is 9.84 Å². The van der Waals surface area contributed by atoms with E-state index in [2.05, 4.69) is 4.72 Å². The summed E-state index contributed by atoms with van der Waals surface area (Å²) in [6.07, 6.45) is 6.68.